The van der Waals surface area contributed by atoms with Crippen molar-refractivity contribution < 1.29 is 27.8 Å². The van der Waals surface area contributed by atoms with E-state index in [1.165, 1.54) is 6.92 Å². The van der Waals surface area contributed by atoms with E-state index in [-0.39, 0.29) is 6.61 Å². The quantitative estimate of drug-likeness (QED) is 0.815. The first-order valence-electron chi connectivity index (χ1n) is 7.39. The molecule has 0 spiro atoms. The van der Waals surface area contributed by atoms with Crippen molar-refractivity contribution >= 4 is 11.9 Å². The fourth-order valence-corrected chi connectivity index (χ4v) is 2.11. The first-order valence-corrected chi connectivity index (χ1v) is 7.39. The first-order chi connectivity index (χ1) is 11.9. The van der Waals surface area contributed by atoms with Gasteiger partial charge in [0.15, 0.2) is 5.54 Å². The second-order valence-corrected chi connectivity index (χ2v) is 5.50. The molecule has 0 radical (unpaired) electrons. The minimum atomic E-state index is -1.60. The average molecular weight is 349 g/mol. The second kappa shape index (κ2) is 7.74. The molecule has 2 aromatic rings. The highest BCUT2D eigenvalue weighted by Crippen LogP contribution is 2.16. The number of amides is 1. The molecule has 7 heteroatoms. The van der Waals surface area contributed by atoms with Crippen molar-refractivity contribution in [1.82, 2.24) is 5.32 Å². The van der Waals surface area contributed by atoms with E-state index < -0.39 is 34.6 Å². The van der Waals surface area contributed by atoms with Crippen LogP contribution in [0.1, 0.15) is 17.3 Å². The van der Waals surface area contributed by atoms with Gasteiger partial charge < -0.3 is 14.8 Å². The van der Waals surface area contributed by atoms with Crippen molar-refractivity contribution in [3.63, 3.8) is 0 Å². The maximum atomic E-state index is 13.8. The van der Waals surface area contributed by atoms with Gasteiger partial charge in [-0.3, -0.25) is 4.79 Å². The van der Waals surface area contributed by atoms with Gasteiger partial charge in [-0.25, -0.2) is 13.6 Å². The SMILES string of the molecule is COC(=O)C(C)(COc1ccccc1)NC(=O)c1cc(F)ccc1F. The number of hydrogen-bond donors (Lipinski definition) is 1. The van der Waals surface area contributed by atoms with Gasteiger partial charge in [0.05, 0.1) is 12.7 Å². The topological polar surface area (TPSA) is 64.6 Å². The average Bonchev–Trinajstić information content (AvgIpc) is 2.62. The van der Waals surface area contributed by atoms with Crippen LogP contribution in [-0.2, 0) is 9.53 Å². The van der Waals surface area contributed by atoms with E-state index in [0.717, 1.165) is 25.3 Å². The number of carbonyl (C=O) groups excluding carboxylic acids is 2. The van der Waals surface area contributed by atoms with E-state index in [1.54, 1.807) is 30.3 Å². The summed E-state index contributed by atoms with van der Waals surface area (Å²) in [4.78, 5) is 24.4. The standard InChI is InChI=1S/C18H17F2NO4/c1-18(17(23)24-2,11-25-13-6-4-3-5-7-13)21-16(22)14-10-12(19)8-9-15(14)20/h3-10H,11H2,1-2H3,(H,21,22). The monoisotopic (exact) mass is 349 g/mol. The Morgan fingerprint density at radius 2 is 1.80 bits per heavy atom. The molecule has 1 N–H and O–H groups in total. The molecule has 132 valence electrons. The lowest BCUT2D eigenvalue weighted by molar-refractivity contribution is -0.148. The van der Waals surface area contributed by atoms with Gasteiger partial charge in [-0.1, -0.05) is 18.2 Å². The highest BCUT2D eigenvalue weighted by Gasteiger charge is 2.38. The molecule has 1 amide bonds. The molecular weight excluding hydrogens is 332 g/mol. The maximum Gasteiger partial charge on any atom is 0.334 e. The van der Waals surface area contributed by atoms with Gasteiger partial charge in [0, 0.05) is 0 Å². The van der Waals surface area contributed by atoms with Crippen LogP contribution in [0.3, 0.4) is 0 Å². The number of esters is 1. The fourth-order valence-electron chi connectivity index (χ4n) is 2.11. The number of carbonyl (C=O) groups is 2. The van der Waals surface area contributed by atoms with Crippen LogP contribution in [0.5, 0.6) is 5.75 Å². The third-order valence-corrected chi connectivity index (χ3v) is 3.47. The van der Waals surface area contributed by atoms with Gasteiger partial charge in [0.25, 0.3) is 5.91 Å². The predicted octanol–water partition coefficient (Wildman–Crippen LogP) is 2.71. The molecule has 0 saturated carbocycles. The van der Waals surface area contributed by atoms with Gasteiger partial charge >= 0.3 is 5.97 Å². The van der Waals surface area contributed by atoms with Crippen LogP contribution in [-0.4, -0.2) is 31.1 Å². The Balaban J connectivity index is 2.20. The molecule has 25 heavy (non-hydrogen) atoms. The zero-order valence-corrected chi connectivity index (χ0v) is 13.7. The Kier molecular flexibility index (Phi) is 5.69. The van der Waals surface area contributed by atoms with E-state index in [2.05, 4.69) is 5.32 Å². The fraction of sp³-hybridized carbons (Fsp3) is 0.222. The molecule has 0 saturated heterocycles. The molecule has 0 fully saturated rings. The number of para-hydroxylation sites is 1. The summed E-state index contributed by atoms with van der Waals surface area (Å²) in [7, 11) is 1.15. The lowest BCUT2D eigenvalue weighted by Crippen LogP contribution is -2.56. The third-order valence-electron chi connectivity index (χ3n) is 3.47. The largest absolute Gasteiger partial charge is 0.491 e. The van der Waals surface area contributed by atoms with Crippen LogP contribution < -0.4 is 10.1 Å². The smallest absolute Gasteiger partial charge is 0.334 e. The van der Waals surface area contributed by atoms with Crippen LogP contribution in [0.4, 0.5) is 8.78 Å². The summed E-state index contributed by atoms with van der Waals surface area (Å²) in [6, 6.07) is 11.1. The summed E-state index contributed by atoms with van der Waals surface area (Å²) < 4.78 is 37.2. The number of nitrogens with one attached hydrogen (secondary N) is 1. The highest BCUT2D eigenvalue weighted by molar-refractivity contribution is 5.98. The zero-order valence-electron chi connectivity index (χ0n) is 13.7. The molecular formula is C18H17F2NO4. The lowest BCUT2D eigenvalue weighted by Gasteiger charge is -2.28. The van der Waals surface area contributed by atoms with Crippen LogP contribution in [0.15, 0.2) is 48.5 Å². The summed E-state index contributed by atoms with van der Waals surface area (Å²) in [5.41, 5.74) is -2.12. The molecule has 2 aromatic carbocycles. The van der Waals surface area contributed by atoms with Gasteiger partial charge in [0.1, 0.15) is 24.0 Å². The molecule has 0 bridgehead atoms. The minimum Gasteiger partial charge on any atom is -0.491 e. The number of ether oxygens (including phenoxy) is 2. The molecule has 0 heterocycles. The Morgan fingerprint density at radius 3 is 2.44 bits per heavy atom. The number of rotatable bonds is 6. The summed E-state index contributed by atoms with van der Waals surface area (Å²) in [5.74, 6) is -2.94. The molecule has 1 unspecified atom stereocenters. The molecule has 0 aliphatic carbocycles. The minimum absolute atomic E-state index is 0.258. The van der Waals surface area contributed by atoms with Crippen LogP contribution >= 0.6 is 0 Å². The van der Waals surface area contributed by atoms with E-state index in [4.69, 9.17) is 9.47 Å². The molecule has 2 rings (SSSR count). The van der Waals surface area contributed by atoms with Crippen LogP contribution in [0.2, 0.25) is 0 Å². The van der Waals surface area contributed by atoms with Crippen LogP contribution in [0.25, 0.3) is 0 Å². The molecule has 1 atom stereocenters. The van der Waals surface area contributed by atoms with Gasteiger partial charge in [-0.15, -0.1) is 0 Å². The van der Waals surface area contributed by atoms with Crippen LogP contribution in [0, 0.1) is 11.6 Å². The van der Waals surface area contributed by atoms with E-state index in [1.807, 2.05) is 0 Å². The van der Waals surface area contributed by atoms with Gasteiger partial charge in [-0.05, 0) is 37.3 Å². The van der Waals surface area contributed by atoms with Crippen molar-refractivity contribution in [3.05, 3.63) is 65.7 Å². The normalized spacial score (nSPS) is 12.8. The summed E-state index contributed by atoms with van der Waals surface area (Å²) in [6.07, 6.45) is 0. The summed E-state index contributed by atoms with van der Waals surface area (Å²) in [6.45, 7) is 1.11. The third kappa shape index (κ3) is 4.53. The van der Waals surface area contributed by atoms with Crippen molar-refractivity contribution in [1.29, 1.82) is 0 Å². The molecule has 0 aromatic heterocycles. The zero-order chi connectivity index (χ0) is 18.4. The Morgan fingerprint density at radius 1 is 1.12 bits per heavy atom. The van der Waals surface area contributed by atoms with E-state index >= 15 is 0 Å². The number of halogens is 2. The molecule has 5 nitrogen and oxygen atoms in total. The predicted molar refractivity (Wildman–Crippen MR) is 86.2 cm³/mol. The second-order valence-electron chi connectivity index (χ2n) is 5.50. The molecule has 0 aliphatic heterocycles. The Hall–Kier alpha value is -2.96. The number of methoxy groups -OCH3 is 1. The van der Waals surface area contributed by atoms with E-state index in [9.17, 15) is 18.4 Å². The number of hydrogen-bond acceptors (Lipinski definition) is 4. The summed E-state index contributed by atoms with van der Waals surface area (Å²) in [5, 5.41) is 2.35. The van der Waals surface area contributed by atoms with E-state index in [0.29, 0.717) is 5.75 Å². The van der Waals surface area contributed by atoms with Crippen molar-refractivity contribution in [3.8, 4) is 5.75 Å². The Bertz CT molecular complexity index is 767. The van der Waals surface area contributed by atoms with Gasteiger partial charge in [0.2, 0.25) is 0 Å². The summed E-state index contributed by atoms with van der Waals surface area (Å²) >= 11 is 0. The first kappa shape index (κ1) is 18.4. The van der Waals surface area contributed by atoms with Crippen molar-refractivity contribution in [2.24, 2.45) is 0 Å². The van der Waals surface area contributed by atoms with Gasteiger partial charge in [-0.2, -0.15) is 0 Å². The maximum absolute atomic E-state index is 13.8. The van der Waals surface area contributed by atoms with Crippen molar-refractivity contribution in [2.75, 3.05) is 13.7 Å². The lowest BCUT2D eigenvalue weighted by atomic mass is 10.0. The highest BCUT2D eigenvalue weighted by atomic mass is 19.1. The van der Waals surface area contributed by atoms with Crippen molar-refractivity contribution in [2.45, 2.75) is 12.5 Å². The number of benzene rings is 2. The Labute approximate surface area is 143 Å². The molecule has 0 aliphatic rings.